The molecule has 1 aromatic heterocycles. The highest BCUT2D eigenvalue weighted by Crippen LogP contribution is 2.20. The Morgan fingerprint density at radius 3 is 2.95 bits per heavy atom. The van der Waals surface area contributed by atoms with Gasteiger partial charge in [0.2, 0.25) is 0 Å². The third kappa shape index (κ3) is 3.89. The van der Waals surface area contributed by atoms with Gasteiger partial charge >= 0.3 is 5.97 Å². The number of aromatic nitrogens is 1. The predicted molar refractivity (Wildman–Crippen MR) is 77.3 cm³/mol. The fourth-order valence-corrected chi connectivity index (χ4v) is 2.28. The quantitative estimate of drug-likeness (QED) is 0.861. The number of nitrogens with zero attached hydrogens (tertiary/aromatic N) is 2. The molecule has 0 amide bonds. The van der Waals surface area contributed by atoms with E-state index in [1.807, 2.05) is 17.3 Å². The van der Waals surface area contributed by atoms with Crippen LogP contribution in [-0.2, 0) is 11.3 Å². The highest BCUT2D eigenvalue weighted by atomic mass is 32.1. The lowest BCUT2D eigenvalue weighted by Crippen LogP contribution is -2.16. The van der Waals surface area contributed by atoms with Crippen LogP contribution in [0.1, 0.15) is 11.3 Å². The summed E-state index contributed by atoms with van der Waals surface area (Å²) < 4.78 is 13.6. The van der Waals surface area contributed by atoms with E-state index in [4.69, 9.17) is 5.11 Å². The number of halogens is 1. The zero-order valence-corrected chi connectivity index (χ0v) is 11.6. The van der Waals surface area contributed by atoms with Crippen LogP contribution in [0.15, 0.2) is 35.2 Å². The number of hydrogen-bond acceptors (Lipinski definition) is 4. The van der Waals surface area contributed by atoms with Crippen molar-refractivity contribution in [3.63, 3.8) is 0 Å². The molecule has 0 aliphatic carbocycles. The number of hydrogen-bond donors (Lipinski definition) is 1. The van der Waals surface area contributed by atoms with Gasteiger partial charge in [-0.15, -0.1) is 11.3 Å². The first kappa shape index (κ1) is 14.2. The first-order chi connectivity index (χ1) is 9.54. The Balaban J connectivity index is 2.20. The van der Waals surface area contributed by atoms with Crippen LogP contribution in [0.2, 0.25) is 0 Å². The van der Waals surface area contributed by atoms with E-state index in [-0.39, 0.29) is 0 Å². The molecule has 20 heavy (non-hydrogen) atoms. The Labute approximate surface area is 119 Å². The second kappa shape index (κ2) is 6.29. The lowest BCUT2D eigenvalue weighted by atomic mass is 10.1. The highest BCUT2D eigenvalue weighted by molar-refractivity contribution is 7.07. The van der Waals surface area contributed by atoms with Gasteiger partial charge in [0, 0.05) is 24.2 Å². The maximum Gasteiger partial charge on any atom is 0.328 e. The standard InChI is InChI=1S/C14H13FN2O2S/c1-17(7-12-8-20-9-16-12)13-5-10(2-3-14(18)19)4-11(15)6-13/h2-6,8-9H,7H2,1H3,(H,18,19)/b3-2+. The average Bonchev–Trinajstić information content (AvgIpc) is 2.88. The topological polar surface area (TPSA) is 53.4 Å². The molecule has 0 saturated heterocycles. The second-order valence-corrected chi connectivity index (χ2v) is 4.97. The molecule has 0 unspecified atom stereocenters. The van der Waals surface area contributed by atoms with Gasteiger partial charge < -0.3 is 10.0 Å². The fraction of sp³-hybridized carbons (Fsp3) is 0.143. The Morgan fingerprint density at radius 1 is 1.50 bits per heavy atom. The average molecular weight is 292 g/mol. The normalized spacial score (nSPS) is 10.9. The Kier molecular flexibility index (Phi) is 4.47. The van der Waals surface area contributed by atoms with E-state index in [2.05, 4.69) is 4.98 Å². The minimum absolute atomic E-state index is 0.405. The minimum atomic E-state index is -1.06. The number of carbonyl (C=O) groups is 1. The van der Waals surface area contributed by atoms with Crippen molar-refractivity contribution in [3.8, 4) is 0 Å². The van der Waals surface area contributed by atoms with Gasteiger partial charge in [0.15, 0.2) is 0 Å². The van der Waals surface area contributed by atoms with Crippen LogP contribution in [0.4, 0.5) is 10.1 Å². The third-order valence-electron chi connectivity index (χ3n) is 2.65. The van der Waals surface area contributed by atoms with Gasteiger partial charge in [-0.25, -0.2) is 14.2 Å². The summed E-state index contributed by atoms with van der Waals surface area (Å²) in [6, 6.07) is 4.43. The Morgan fingerprint density at radius 2 is 2.30 bits per heavy atom. The molecule has 4 nitrogen and oxygen atoms in total. The van der Waals surface area contributed by atoms with Gasteiger partial charge in [0.05, 0.1) is 17.7 Å². The van der Waals surface area contributed by atoms with Crippen LogP contribution in [0.5, 0.6) is 0 Å². The highest BCUT2D eigenvalue weighted by Gasteiger charge is 2.06. The summed E-state index contributed by atoms with van der Waals surface area (Å²) in [6.07, 6.45) is 2.35. The Hall–Kier alpha value is -2.21. The van der Waals surface area contributed by atoms with E-state index < -0.39 is 11.8 Å². The molecule has 1 aromatic carbocycles. The lowest BCUT2D eigenvalue weighted by molar-refractivity contribution is -0.131. The van der Waals surface area contributed by atoms with Gasteiger partial charge in [-0.2, -0.15) is 0 Å². The molecule has 0 aliphatic rings. The van der Waals surface area contributed by atoms with Crippen LogP contribution in [0.25, 0.3) is 6.08 Å². The predicted octanol–water partition coefficient (Wildman–Crippen LogP) is 3.02. The molecule has 0 fully saturated rings. The number of rotatable bonds is 5. The smallest absolute Gasteiger partial charge is 0.328 e. The summed E-state index contributed by atoms with van der Waals surface area (Å²) in [6.45, 7) is 0.565. The van der Waals surface area contributed by atoms with E-state index in [0.29, 0.717) is 17.8 Å². The molecule has 0 saturated carbocycles. The second-order valence-electron chi connectivity index (χ2n) is 4.25. The minimum Gasteiger partial charge on any atom is -0.478 e. The van der Waals surface area contributed by atoms with Crippen LogP contribution in [-0.4, -0.2) is 23.1 Å². The van der Waals surface area contributed by atoms with E-state index in [0.717, 1.165) is 11.8 Å². The van der Waals surface area contributed by atoms with Crippen LogP contribution >= 0.6 is 11.3 Å². The van der Waals surface area contributed by atoms with Crippen molar-refractivity contribution in [2.75, 3.05) is 11.9 Å². The van der Waals surface area contributed by atoms with Crippen LogP contribution < -0.4 is 4.90 Å². The molecule has 0 bridgehead atoms. The summed E-state index contributed by atoms with van der Waals surface area (Å²) in [5.74, 6) is -1.47. The maximum atomic E-state index is 13.6. The van der Waals surface area contributed by atoms with Gasteiger partial charge in [-0.05, 0) is 29.8 Å². The first-order valence-electron chi connectivity index (χ1n) is 5.84. The van der Waals surface area contributed by atoms with E-state index >= 15 is 0 Å². The molecule has 104 valence electrons. The maximum absolute atomic E-state index is 13.6. The number of carboxylic acids is 1. The molecular formula is C14H13FN2O2S. The van der Waals surface area contributed by atoms with Crippen molar-refractivity contribution < 1.29 is 14.3 Å². The largest absolute Gasteiger partial charge is 0.478 e. The molecule has 0 atom stereocenters. The van der Waals surface area contributed by atoms with Gasteiger partial charge in [0.25, 0.3) is 0 Å². The number of aliphatic carboxylic acids is 1. The number of carboxylic acid groups (broad SMARTS) is 1. The zero-order valence-electron chi connectivity index (χ0n) is 10.8. The van der Waals surface area contributed by atoms with Gasteiger partial charge in [-0.3, -0.25) is 0 Å². The summed E-state index contributed by atoms with van der Waals surface area (Å²) in [7, 11) is 1.83. The van der Waals surface area contributed by atoms with E-state index in [1.165, 1.54) is 29.5 Å². The molecule has 0 spiro atoms. The first-order valence-corrected chi connectivity index (χ1v) is 6.78. The zero-order chi connectivity index (χ0) is 14.5. The van der Waals surface area contributed by atoms with E-state index in [1.54, 1.807) is 11.6 Å². The van der Waals surface area contributed by atoms with Crippen molar-refractivity contribution in [1.82, 2.24) is 4.98 Å². The van der Waals surface area contributed by atoms with Crippen LogP contribution in [0.3, 0.4) is 0 Å². The van der Waals surface area contributed by atoms with Gasteiger partial charge in [0.1, 0.15) is 5.82 Å². The van der Waals surface area contributed by atoms with Crippen molar-refractivity contribution in [2.45, 2.75) is 6.54 Å². The monoisotopic (exact) mass is 292 g/mol. The molecule has 1 heterocycles. The molecule has 0 aliphatic heterocycles. The molecule has 2 rings (SSSR count). The Bertz CT molecular complexity index is 626. The van der Waals surface area contributed by atoms with Gasteiger partial charge in [-0.1, -0.05) is 0 Å². The third-order valence-corrected chi connectivity index (χ3v) is 3.28. The summed E-state index contributed by atoms with van der Waals surface area (Å²) in [4.78, 5) is 16.5. The van der Waals surface area contributed by atoms with Crippen molar-refractivity contribution in [2.24, 2.45) is 0 Å². The summed E-state index contributed by atoms with van der Waals surface area (Å²) >= 11 is 1.51. The lowest BCUT2D eigenvalue weighted by Gasteiger charge is -2.18. The molecule has 6 heteroatoms. The summed E-state index contributed by atoms with van der Waals surface area (Å²) in [5.41, 5.74) is 3.83. The molecule has 2 aromatic rings. The van der Waals surface area contributed by atoms with E-state index in [9.17, 15) is 9.18 Å². The van der Waals surface area contributed by atoms with Crippen molar-refractivity contribution in [3.05, 3.63) is 52.2 Å². The fourth-order valence-electron chi connectivity index (χ4n) is 1.73. The van der Waals surface area contributed by atoms with Crippen molar-refractivity contribution in [1.29, 1.82) is 0 Å². The SMILES string of the molecule is CN(Cc1cscn1)c1cc(F)cc(/C=C/C(=O)O)c1. The number of anilines is 1. The summed E-state index contributed by atoms with van der Waals surface area (Å²) in [5, 5.41) is 10.5. The number of benzene rings is 1. The number of thiazole rings is 1. The molecular weight excluding hydrogens is 279 g/mol. The van der Waals surface area contributed by atoms with Crippen molar-refractivity contribution >= 4 is 29.1 Å². The molecule has 0 radical (unpaired) electrons. The molecule has 1 N–H and O–H groups in total. The van der Waals surface area contributed by atoms with Crippen LogP contribution in [0, 0.1) is 5.82 Å².